The van der Waals surface area contributed by atoms with E-state index in [1.54, 1.807) is 12.1 Å². The molecule has 0 spiro atoms. The second kappa shape index (κ2) is 5.22. The lowest BCUT2D eigenvalue weighted by Crippen LogP contribution is -2.34. The summed E-state index contributed by atoms with van der Waals surface area (Å²) in [6, 6.07) is 3.30. The third-order valence-electron chi connectivity index (χ3n) is 3.29. The van der Waals surface area contributed by atoms with Crippen molar-refractivity contribution < 1.29 is 27.3 Å². The van der Waals surface area contributed by atoms with Crippen LogP contribution in [0.5, 0.6) is 5.88 Å². The zero-order chi connectivity index (χ0) is 14.9. The number of rotatable bonds is 2. The van der Waals surface area contributed by atoms with Gasteiger partial charge in [0, 0.05) is 12.1 Å². The van der Waals surface area contributed by atoms with Gasteiger partial charge in [-0.15, -0.1) is 0 Å². The molecular weight excluding hydrogens is 273 g/mol. The molecule has 20 heavy (non-hydrogen) atoms. The summed E-state index contributed by atoms with van der Waals surface area (Å²) in [5, 5.41) is 0. The number of pyridine rings is 1. The Bertz CT molecular complexity index is 555. The average molecular weight is 287 g/mol. The molecule has 1 aromatic heterocycles. The van der Waals surface area contributed by atoms with Crippen LogP contribution in [-0.2, 0) is 11.2 Å². The zero-order valence-electron chi connectivity index (χ0n) is 10.9. The summed E-state index contributed by atoms with van der Waals surface area (Å²) in [4.78, 5) is 15.6. The standard InChI is InChI=1S/C13H14F3N2O2/c1-18-7-8(12(19)13(14,15)16)3-4-9-10(18)5-6-11(17-9)20-2/h5-6,8H,1,3-4,7H2,2H3/q+1. The van der Waals surface area contributed by atoms with Crippen molar-refractivity contribution in [2.75, 3.05) is 13.7 Å². The van der Waals surface area contributed by atoms with Crippen LogP contribution in [0.4, 0.5) is 18.9 Å². The molecule has 0 aromatic carbocycles. The highest BCUT2D eigenvalue weighted by atomic mass is 19.4. The molecule has 1 unspecified atom stereocenters. The first-order chi connectivity index (χ1) is 9.32. The van der Waals surface area contributed by atoms with Crippen molar-refractivity contribution in [2.45, 2.75) is 19.0 Å². The predicted octanol–water partition coefficient (Wildman–Crippen LogP) is 2.13. The van der Waals surface area contributed by atoms with Crippen molar-refractivity contribution in [3.05, 3.63) is 17.8 Å². The van der Waals surface area contributed by atoms with Gasteiger partial charge < -0.3 is 4.74 Å². The number of nitrogens with zero attached hydrogens (tertiary/aromatic N) is 2. The number of ether oxygens (including phenoxy) is 1. The summed E-state index contributed by atoms with van der Waals surface area (Å²) in [5.41, 5.74) is 1.22. The first kappa shape index (κ1) is 14.5. The minimum absolute atomic E-state index is 0.0701. The van der Waals surface area contributed by atoms with Crippen LogP contribution in [0.1, 0.15) is 12.1 Å². The molecule has 0 bridgehead atoms. The van der Waals surface area contributed by atoms with E-state index in [0.717, 1.165) is 0 Å². The fraction of sp³-hybridized carbons (Fsp3) is 0.462. The van der Waals surface area contributed by atoms with E-state index in [0.29, 0.717) is 17.3 Å². The summed E-state index contributed by atoms with van der Waals surface area (Å²) < 4.78 is 43.9. The van der Waals surface area contributed by atoms with Gasteiger partial charge in [-0.2, -0.15) is 13.2 Å². The number of hydrogen-bond acceptors (Lipinski definition) is 3. The monoisotopic (exact) mass is 287 g/mol. The Balaban J connectivity index is 2.27. The summed E-state index contributed by atoms with van der Waals surface area (Å²) in [7, 11) is 1.46. The SMILES string of the molecule is C=[N+]1CC(C(=O)C(F)(F)F)CCc2nc(OC)ccc21. The number of carbonyl (C=O) groups is 1. The molecule has 0 N–H and O–H groups in total. The van der Waals surface area contributed by atoms with Gasteiger partial charge >= 0.3 is 6.18 Å². The summed E-state index contributed by atoms with van der Waals surface area (Å²) in [5.74, 6) is -2.43. The molecule has 7 heteroatoms. The van der Waals surface area contributed by atoms with E-state index in [1.165, 1.54) is 11.7 Å². The van der Waals surface area contributed by atoms with Crippen molar-refractivity contribution >= 4 is 18.2 Å². The topological polar surface area (TPSA) is 42.2 Å². The highest BCUT2D eigenvalue weighted by molar-refractivity contribution is 5.86. The smallest absolute Gasteiger partial charge is 0.450 e. The van der Waals surface area contributed by atoms with E-state index in [2.05, 4.69) is 11.7 Å². The predicted molar refractivity (Wildman–Crippen MR) is 65.6 cm³/mol. The van der Waals surface area contributed by atoms with E-state index in [4.69, 9.17) is 4.74 Å². The van der Waals surface area contributed by atoms with Gasteiger partial charge in [-0.05, 0) is 12.8 Å². The fourth-order valence-corrected chi connectivity index (χ4v) is 2.27. The minimum Gasteiger partial charge on any atom is -0.481 e. The summed E-state index contributed by atoms with van der Waals surface area (Å²) >= 11 is 0. The van der Waals surface area contributed by atoms with Gasteiger partial charge in [-0.1, -0.05) is 0 Å². The Hall–Kier alpha value is -1.92. The second-order valence-electron chi connectivity index (χ2n) is 4.64. The molecule has 1 atom stereocenters. The van der Waals surface area contributed by atoms with Crippen LogP contribution in [0, 0.1) is 5.92 Å². The van der Waals surface area contributed by atoms with E-state index < -0.39 is 17.9 Å². The number of ketones is 1. The molecule has 0 saturated heterocycles. The Morgan fingerprint density at radius 3 is 2.80 bits per heavy atom. The van der Waals surface area contributed by atoms with E-state index in [1.807, 2.05) is 0 Å². The number of aryl methyl sites for hydroxylation is 1. The molecule has 1 aliphatic rings. The van der Waals surface area contributed by atoms with Gasteiger partial charge in [0.1, 0.15) is 12.4 Å². The molecule has 0 aliphatic carbocycles. The lowest BCUT2D eigenvalue weighted by Gasteiger charge is -2.12. The Morgan fingerprint density at radius 1 is 1.50 bits per heavy atom. The van der Waals surface area contributed by atoms with Crippen LogP contribution in [0.3, 0.4) is 0 Å². The highest BCUT2D eigenvalue weighted by Crippen LogP contribution is 2.30. The Labute approximate surface area is 113 Å². The van der Waals surface area contributed by atoms with Gasteiger partial charge in [-0.25, -0.2) is 9.56 Å². The van der Waals surface area contributed by atoms with Gasteiger partial charge in [-0.3, -0.25) is 4.79 Å². The van der Waals surface area contributed by atoms with Gasteiger partial charge in [0.05, 0.1) is 13.0 Å². The third kappa shape index (κ3) is 2.81. The van der Waals surface area contributed by atoms with Crippen molar-refractivity contribution in [2.24, 2.45) is 5.92 Å². The molecule has 2 rings (SSSR count). The maximum Gasteiger partial charge on any atom is 0.450 e. The number of hydrogen-bond donors (Lipinski definition) is 0. The average Bonchev–Trinajstić information content (AvgIpc) is 2.56. The first-order valence-corrected chi connectivity index (χ1v) is 6.06. The molecule has 0 fully saturated rings. The molecule has 0 amide bonds. The number of carbonyl (C=O) groups excluding carboxylic acids is 1. The van der Waals surface area contributed by atoms with Gasteiger partial charge in [0.25, 0.3) is 0 Å². The van der Waals surface area contributed by atoms with Crippen molar-refractivity contribution in [3.8, 4) is 5.88 Å². The summed E-state index contributed by atoms with van der Waals surface area (Å²) in [6.45, 7) is 3.63. The Kier molecular flexibility index (Phi) is 3.78. The largest absolute Gasteiger partial charge is 0.481 e. The lowest BCUT2D eigenvalue weighted by atomic mass is 9.98. The maximum atomic E-state index is 12.5. The molecule has 0 saturated carbocycles. The van der Waals surface area contributed by atoms with Crippen molar-refractivity contribution in [1.82, 2.24) is 4.98 Å². The summed E-state index contributed by atoms with van der Waals surface area (Å²) in [6.07, 6.45) is -4.43. The van der Waals surface area contributed by atoms with Crippen LogP contribution in [0.15, 0.2) is 12.1 Å². The molecule has 4 nitrogen and oxygen atoms in total. The lowest BCUT2D eigenvalue weighted by molar-refractivity contribution is -0.437. The van der Waals surface area contributed by atoms with Crippen LogP contribution < -0.4 is 4.74 Å². The van der Waals surface area contributed by atoms with Crippen LogP contribution >= 0.6 is 0 Å². The maximum absolute atomic E-state index is 12.5. The Morgan fingerprint density at radius 2 is 2.20 bits per heavy atom. The van der Waals surface area contributed by atoms with E-state index in [9.17, 15) is 18.0 Å². The van der Waals surface area contributed by atoms with Gasteiger partial charge in [0.2, 0.25) is 17.4 Å². The zero-order valence-corrected chi connectivity index (χ0v) is 10.9. The molecule has 108 valence electrons. The van der Waals surface area contributed by atoms with Crippen LogP contribution in [-0.4, -0.2) is 41.9 Å². The van der Waals surface area contributed by atoms with Crippen LogP contribution in [0.25, 0.3) is 0 Å². The number of aromatic nitrogens is 1. The normalized spacial score (nSPS) is 19.2. The molecule has 0 radical (unpaired) electrons. The van der Waals surface area contributed by atoms with Gasteiger partial charge in [0.15, 0.2) is 6.54 Å². The molecule has 1 aliphatic heterocycles. The quantitative estimate of drug-likeness (QED) is 0.783. The second-order valence-corrected chi connectivity index (χ2v) is 4.64. The van der Waals surface area contributed by atoms with Crippen LogP contribution in [0.2, 0.25) is 0 Å². The number of Topliss-reactive ketones (excluding diaryl/α,β-unsaturated/α-hetero) is 1. The van der Waals surface area contributed by atoms with Crippen molar-refractivity contribution in [3.63, 3.8) is 0 Å². The highest BCUT2D eigenvalue weighted by Gasteiger charge is 2.45. The number of halogens is 3. The molecule has 2 heterocycles. The fourth-order valence-electron chi connectivity index (χ4n) is 2.27. The molecule has 1 aromatic rings. The number of fused-ring (bicyclic) bond motifs is 1. The van der Waals surface area contributed by atoms with E-state index in [-0.39, 0.29) is 19.4 Å². The number of alkyl halides is 3. The number of methoxy groups -OCH3 is 1. The third-order valence-corrected chi connectivity index (χ3v) is 3.29. The minimum atomic E-state index is -4.81. The molecular formula is C13H14F3N2O2+. The first-order valence-electron chi connectivity index (χ1n) is 6.06. The van der Waals surface area contributed by atoms with E-state index >= 15 is 0 Å². The van der Waals surface area contributed by atoms with Crippen molar-refractivity contribution in [1.29, 1.82) is 0 Å².